The van der Waals surface area contributed by atoms with Crippen LogP contribution in [0.3, 0.4) is 0 Å². The van der Waals surface area contributed by atoms with Gasteiger partial charge in [-0.2, -0.15) is 0 Å². The third kappa shape index (κ3) is 3.08. The molecule has 0 amide bonds. The van der Waals surface area contributed by atoms with Crippen LogP contribution >= 0.6 is 0 Å². The minimum atomic E-state index is -0.0184. The van der Waals surface area contributed by atoms with Gasteiger partial charge in [-0.05, 0) is 59.7 Å². The van der Waals surface area contributed by atoms with Crippen molar-refractivity contribution < 1.29 is 10.2 Å². The van der Waals surface area contributed by atoms with Gasteiger partial charge in [0, 0.05) is 0 Å². The van der Waals surface area contributed by atoms with Crippen molar-refractivity contribution in [2.45, 2.75) is 32.6 Å². The fraction of sp³-hybridized carbons (Fsp3) is 0.294. The zero-order chi connectivity index (χ0) is 14.0. The lowest BCUT2D eigenvalue weighted by Crippen LogP contribution is -2.20. The van der Waals surface area contributed by atoms with E-state index in [4.69, 9.17) is 0 Å². The smallest absolute Gasteiger partial charge is 0.115 e. The highest BCUT2D eigenvalue weighted by molar-refractivity contribution is 5.37. The predicted octanol–water partition coefficient (Wildman–Crippen LogP) is 3.93. The summed E-state index contributed by atoms with van der Waals surface area (Å²) in [5, 5.41) is 18.8. The van der Waals surface area contributed by atoms with E-state index >= 15 is 0 Å². The normalized spacial score (nSPS) is 11.5. The molecule has 2 rings (SSSR count). The fourth-order valence-corrected chi connectivity index (χ4v) is 2.37. The molecule has 2 N–H and O–H groups in total. The fourth-order valence-electron chi connectivity index (χ4n) is 2.37. The first-order chi connectivity index (χ1) is 8.88. The van der Waals surface area contributed by atoms with Gasteiger partial charge in [0.15, 0.2) is 0 Å². The number of aromatic hydroxyl groups is 2. The van der Waals surface area contributed by atoms with Crippen molar-refractivity contribution in [3.8, 4) is 11.5 Å². The molecule has 0 bridgehead atoms. The van der Waals surface area contributed by atoms with Gasteiger partial charge < -0.3 is 10.2 Å². The zero-order valence-corrected chi connectivity index (χ0v) is 11.6. The van der Waals surface area contributed by atoms with Crippen LogP contribution in [-0.2, 0) is 11.8 Å². The zero-order valence-electron chi connectivity index (χ0n) is 11.6. The van der Waals surface area contributed by atoms with Gasteiger partial charge in [0.25, 0.3) is 0 Å². The van der Waals surface area contributed by atoms with E-state index in [2.05, 4.69) is 13.8 Å². The summed E-state index contributed by atoms with van der Waals surface area (Å²) in [6.07, 6.45) is 0.893. The molecule has 0 aromatic heterocycles. The first-order valence-electron chi connectivity index (χ1n) is 6.46. The SMILES string of the molecule is Cc1cc(O)ccc1CC(C)(C)c1ccc(O)cc1. The summed E-state index contributed by atoms with van der Waals surface area (Å²) < 4.78 is 0. The molecule has 2 heteroatoms. The molecule has 0 saturated carbocycles. The van der Waals surface area contributed by atoms with Crippen LogP contribution in [0, 0.1) is 6.92 Å². The quantitative estimate of drug-likeness (QED) is 0.873. The number of hydrogen-bond acceptors (Lipinski definition) is 2. The molecular weight excluding hydrogens is 236 g/mol. The predicted molar refractivity (Wildman–Crippen MR) is 77.7 cm³/mol. The monoisotopic (exact) mass is 256 g/mol. The number of hydrogen-bond donors (Lipinski definition) is 2. The van der Waals surface area contributed by atoms with Crippen LogP contribution in [0.15, 0.2) is 42.5 Å². The molecule has 100 valence electrons. The van der Waals surface area contributed by atoms with Crippen molar-refractivity contribution in [2.75, 3.05) is 0 Å². The lowest BCUT2D eigenvalue weighted by Gasteiger charge is -2.26. The van der Waals surface area contributed by atoms with Gasteiger partial charge in [-0.3, -0.25) is 0 Å². The minimum Gasteiger partial charge on any atom is -0.508 e. The van der Waals surface area contributed by atoms with E-state index in [1.807, 2.05) is 25.1 Å². The molecule has 0 heterocycles. The molecule has 19 heavy (non-hydrogen) atoms. The first kappa shape index (κ1) is 13.5. The van der Waals surface area contributed by atoms with Gasteiger partial charge in [-0.1, -0.05) is 32.0 Å². The summed E-state index contributed by atoms with van der Waals surface area (Å²) in [4.78, 5) is 0. The van der Waals surface area contributed by atoms with Crippen molar-refractivity contribution in [2.24, 2.45) is 0 Å². The average molecular weight is 256 g/mol. The van der Waals surface area contributed by atoms with E-state index in [0.717, 1.165) is 12.0 Å². The van der Waals surface area contributed by atoms with Crippen molar-refractivity contribution in [1.82, 2.24) is 0 Å². The van der Waals surface area contributed by atoms with E-state index in [1.54, 1.807) is 24.3 Å². The molecule has 0 aliphatic carbocycles. The molecule has 0 radical (unpaired) electrons. The summed E-state index contributed by atoms with van der Waals surface area (Å²) in [5.41, 5.74) is 3.51. The van der Waals surface area contributed by atoms with Crippen molar-refractivity contribution >= 4 is 0 Å². The second kappa shape index (κ2) is 4.96. The molecule has 0 unspecified atom stereocenters. The maximum atomic E-state index is 9.46. The van der Waals surface area contributed by atoms with E-state index in [1.165, 1.54) is 11.1 Å². The van der Waals surface area contributed by atoms with Gasteiger partial charge >= 0.3 is 0 Å². The largest absolute Gasteiger partial charge is 0.508 e. The van der Waals surface area contributed by atoms with Gasteiger partial charge in [0.1, 0.15) is 11.5 Å². The molecule has 0 aliphatic heterocycles. The Kier molecular flexibility index (Phi) is 3.52. The summed E-state index contributed by atoms with van der Waals surface area (Å²) >= 11 is 0. The van der Waals surface area contributed by atoms with Crippen LogP contribution in [0.1, 0.15) is 30.5 Å². The molecule has 2 nitrogen and oxygen atoms in total. The number of phenols is 2. The van der Waals surface area contributed by atoms with Crippen molar-refractivity contribution in [3.63, 3.8) is 0 Å². The highest BCUT2D eigenvalue weighted by Gasteiger charge is 2.21. The molecule has 0 atom stereocenters. The topological polar surface area (TPSA) is 40.5 Å². The lowest BCUT2D eigenvalue weighted by atomic mass is 9.78. The standard InChI is InChI=1S/C17H20O2/c1-12-10-16(19)7-4-13(12)11-17(2,3)14-5-8-15(18)9-6-14/h4-10,18-19H,11H2,1-3H3. The summed E-state index contributed by atoms with van der Waals surface area (Å²) in [5.74, 6) is 0.601. The minimum absolute atomic E-state index is 0.0184. The summed E-state index contributed by atoms with van der Waals surface area (Å²) in [6.45, 7) is 6.39. The van der Waals surface area contributed by atoms with Gasteiger partial charge in [0.2, 0.25) is 0 Å². The Labute approximate surface area is 114 Å². The van der Waals surface area contributed by atoms with Crippen molar-refractivity contribution in [1.29, 1.82) is 0 Å². The number of phenolic OH excluding ortho intramolecular Hbond substituents is 2. The van der Waals surface area contributed by atoms with Crippen molar-refractivity contribution in [3.05, 3.63) is 59.2 Å². The highest BCUT2D eigenvalue weighted by atomic mass is 16.3. The lowest BCUT2D eigenvalue weighted by molar-refractivity contribution is 0.470. The number of aryl methyl sites for hydroxylation is 1. The van der Waals surface area contributed by atoms with E-state index in [-0.39, 0.29) is 5.41 Å². The van der Waals surface area contributed by atoms with Crippen LogP contribution in [-0.4, -0.2) is 10.2 Å². The maximum absolute atomic E-state index is 9.46. The molecule has 2 aromatic carbocycles. The molecule has 0 fully saturated rings. The summed E-state index contributed by atoms with van der Waals surface area (Å²) in [7, 11) is 0. The highest BCUT2D eigenvalue weighted by Crippen LogP contribution is 2.30. The maximum Gasteiger partial charge on any atom is 0.115 e. The Morgan fingerprint density at radius 2 is 1.47 bits per heavy atom. The van der Waals surface area contributed by atoms with Crippen LogP contribution < -0.4 is 0 Å². The Hall–Kier alpha value is -1.96. The van der Waals surface area contributed by atoms with Gasteiger partial charge in [-0.25, -0.2) is 0 Å². The Bertz CT molecular complexity index is 568. The number of benzene rings is 2. The van der Waals surface area contributed by atoms with Crippen LogP contribution in [0.25, 0.3) is 0 Å². The molecule has 0 spiro atoms. The molecule has 2 aromatic rings. The Balaban J connectivity index is 2.27. The average Bonchev–Trinajstić information content (AvgIpc) is 2.33. The van der Waals surface area contributed by atoms with Crippen LogP contribution in [0.2, 0.25) is 0 Å². The first-order valence-corrected chi connectivity index (χ1v) is 6.46. The van der Waals surface area contributed by atoms with E-state index in [9.17, 15) is 10.2 Å². The Morgan fingerprint density at radius 3 is 2.05 bits per heavy atom. The molecule has 0 aliphatic rings. The van der Waals surface area contributed by atoms with Gasteiger partial charge in [0.05, 0.1) is 0 Å². The Morgan fingerprint density at radius 1 is 0.895 bits per heavy atom. The van der Waals surface area contributed by atoms with Gasteiger partial charge in [-0.15, -0.1) is 0 Å². The van der Waals surface area contributed by atoms with E-state index in [0.29, 0.717) is 11.5 Å². The second-order valence-corrected chi connectivity index (χ2v) is 5.72. The second-order valence-electron chi connectivity index (χ2n) is 5.72. The van der Waals surface area contributed by atoms with Crippen LogP contribution in [0.5, 0.6) is 11.5 Å². The van der Waals surface area contributed by atoms with Crippen LogP contribution in [0.4, 0.5) is 0 Å². The summed E-state index contributed by atoms with van der Waals surface area (Å²) in [6, 6.07) is 12.9. The molecular formula is C17H20O2. The van der Waals surface area contributed by atoms with E-state index < -0.39 is 0 Å². The third-order valence-corrected chi connectivity index (χ3v) is 3.61. The molecule has 0 saturated heterocycles. The number of rotatable bonds is 3. The third-order valence-electron chi connectivity index (χ3n) is 3.61.